The number of hydrogen-bond acceptors (Lipinski definition) is 7. The molecule has 9 heteroatoms. The Morgan fingerprint density at radius 1 is 1.07 bits per heavy atom. The van der Waals surface area contributed by atoms with Gasteiger partial charge in [0.25, 0.3) is 5.91 Å². The molecule has 0 aliphatic carbocycles. The largest absolute Gasteiger partial charge is 0.439 e. The third kappa shape index (κ3) is 3.74. The van der Waals surface area contributed by atoms with Gasteiger partial charge in [0.05, 0.1) is 10.2 Å². The second-order valence-corrected chi connectivity index (χ2v) is 7.28. The fourth-order valence-electron chi connectivity index (χ4n) is 2.80. The van der Waals surface area contributed by atoms with Crippen molar-refractivity contribution in [1.82, 2.24) is 24.5 Å². The third-order valence-corrected chi connectivity index (χ3v) is 5.25. The molecular weight excluding hydrogens is 400 g/mol. The maximum absolute atomic E-state index is 12.5. The number of rotatable bonds is 5. The fourth-order valence-corrected chi connectivity index (χ4v) is 3.66. The zero-order chi connectivity index (χ0) is 20.3. The summed E-state index contributed by atoms with van der Waals surface area (Å²) in [6, 6.07) is 16.4. The predicted molar refractivity (Wildman–Crippen MR) is 113 cm³/mol. The molecular formula is C21H14N6O2S. The Balaban J connectivity index is 1.27. The summed E-state index contributed by atoms with van der Waals surface area (Å²) in [5, 5.41) is 3.28. The Hall–Kier alpha value is -4.11. The summed E-state index contributed by atoms with van der Waals surface area (Å²) in [5.41, 5.74) is 1.46. The molecule has 0 spiro atoms. The minimum Gasteiger partial charge on any atom is -0.439 e. The van der Waals surface area contributed by atoms with Crippen LogP contribution in [0, 0.1) is 0 Å². The summed E-state index contributed by atoms with van der Waals surface area (Å²) in [6.45, 7) is 0. The maximum atomic E-state index is 12.5. The highest BCUT2D eigenvalue weighted by molar-refractivity contribution is 7.20. The van der Waals surface area contributed by atoms with E-state index < -0.39 is 0 Å². The summed E-state index contributed by atoms with van der Waals surface area (Å²) < 4.78 is 8.53. The number of imidazole rings is 1. The second kappa shape index (κ2) is 7.72. The molecule has 1 amide bonds. The first-order valence-electron chi connectivity index (χ1n) is 9.00. The van der Waals surface area contributed by atoms with Gasteiger partial charge in [-0.25, -0.2) is 19.9 Å². The van der Waals surface area contributed by atoms with Gasteiger partial charge in [-0.05, 0) is 36.4 Å². The van der Waals surface area contributed by atoms with Crippen LogP contribution < -0.4 is 10.1 Å². The number of carbonyl (C=O) groups excluding carboxylic acids is 1. The topological polar surface area (TPSA) is 94.8 Å². The molecule has 3 aromatic heterocycles. The van der Waals surface area contributed by atoms with E-state index in [1.54, 1.807) is 53.6 Å². The van der Waals surface area contributed by atoms with Crippen molar-refractivity contribution >= 4 is 33.1 Å². The van der Waals surface area contributed by atoms with Gasteiger partial charge in [-0.2, -0.15) is 0 Å². The smallest absolute Gasteiger partial charge is 0.284 e. The number of para-hydroxylation sites is 1. The maximum Gasteiger partial charge on any atom is 0.284 e. The Labute approximate surface area is 174 Å². The fraction of sp³-hybridized carbons (Fsp3) is 0. The van der Waals surface area contributed by atoms with Crippen molar-refractivity contribution in [3.63, 3.8) is 0 Å². The number of thiazole rings is 1. The van der Waals surface area contributed by atoms with Crippen LogP contribution in [0.1, 0.15) is 9.80 Å². The first-order chi connectivity index (χ1) is 14.7. The Morgan fingerprint density at radius 2 is 1.93 bits per heavy atom. The normalized spacial score (nSPS) is 10.8. The van der Waals surface area contributed by atoms with E-state index in [4.69, 9.17) is 4.74 Å². The third-order valence-electron chi connectivity index (χ3n) is 4.22. The van der Waals surface area contributed by atoms with Crippen LogP contribution in [0.4, 0.5) is 5.69 Å². The van der Waals surface area contributed by atoms with Crippen LogP contribution in [0.2, 0.25) is 0 Å². The molecule has 5 aromatic rings. The summed E-state index contributed by atoms with van der Waals surface area (Å²) in [5.74, 6) is 1.39. The molecule has 3 heterocycles. The van der Waals surface area contributed by atoms with Gasteiger partial charge in [0, 0.05) is 24.1 Å². The minimum atomic E-state index is -0.245. The van der Waals surface area contributed by atoms with Gasteiger partial charge in [-0.1, -0.05) is 12.1 Å². The summed E-state index contributed by atoms with van der Waals surface area (Å²) in [6.07, 6.45) is 6.53. The van der Waals surface area contributed by atoms with Gasteiger partial charge in [0.1, 0.15) is 24.2 Å². The molecule has 146 valence electrons. The molecule has 0 saturated carbocycles. The molecule has 30 heavy (non-hydrogen) atoms. The van der Waals surface area contributed by atoms with Gasteiger partial charge in [-0.3, -0.25) is 9.36 Å². The molecule has 8 nitrogen and oxygen atoms in total. The van der Waals surface area contributed by atoms with Crippen molar-refractivity contribution in [2.75, 3.05) is 5.32 Å². The van der Waals surface area contributed by atoms with E-state index in [9.17, 15) is 4.79 Å². The lowest BCUT2D eigenvalue weighted by Crippen LogP contribution is -2.11. The van der Waals surface area contributed by atoms with Crippen molar-refractivity contribution in [1.29, 1.82) is 0 Å². The molecule has 0 saturated heterocycles. The first kappa shape index (κ1) is 18.0. The molecule has 0 fully saturated rings. The number of fused-ring (bicyclic) bond motifs is 1. The van der Waals surface area contributed by atoms with Crippen molar-refractivity contribution in [3.8, 4) is 17.4 Å². The first-order valence-corrected chi connectivity index (χ1v) is 9.81. The van der Waals surface area contributed by atoms with Crippen LogP contribution in [0.3, 0.4) is 0 Å². The highest BCUT2D eigenvalue weighted by Crippen LogP contribution is 2.24. The zero-order valence-corrected chi connectivity index (χ0v) is 16.3. The Bertz CT molecular complexity index is 1280. The average molecular weight is 414 g/mol. The van der Waals surface area contributed by atoms with Crippen molar-refractivity contribution in [2.45, 2.75) is 0 Å². The number of nitrogens with one attached hydrogen (secondary N) is 1. The second-order valence-electron chi connectivity index (χ2n) is 6.25. The highest BCUT2D eigenvalue weighted by atomic mass is 32.1. The minimum absolute atomic E-state index is 0.245. The highest BCUT2D eigenvalue weighted by Gasteiger charge is 2.12. The van der Waals surface area contributed by atoms with Crippen LogP contribution in [0.25, 0.3) is 16.0 Å². The monoisotopic (exact) mass is 414 g/mol. The quantitative estimate of drug-likeness (QED) is 0.460. The summed E-state index contributed by atoms with van der Waals surface area (Å²) >= 11 is 1.36. The molecule has 5 rings (SSSR count). The van der Waals surface area contributed by atoms with Crippen LogP contribution >= 0.6 is 11.3 Å². The Kier molecular flexibility index (Phi) is 4.62. The standard InChI is InChI=1S/C21H14N6O2S/c28-20(21-26-16-3-1-2-4-17(16)30-21)25-14-5-7-15(8-6-14)29-19-11-18(23-12-24-19)27-10-9-22-13-27/h1-13H,(H,25,28). The lowest BCUT2D eigenvalue weighted by atomic mass is 10.3. The molecule has 0 unspecified atom stereocenters. The average Bonchev–Trinajstić information content (AvgIpc) is 3.45. The van der Waals surface area contributed by atoms with E-state index in [1.807, 2.05) is 24.3 Å². The van der Waals surface area contributed by atoms with E-state index in [0.29, 0.717) is 28.1 Å². The molecule has 2 aromatic carbocycles. The van der Waals surface area contributed by atoms with E-state index in [2.05, 4.69) is 25.3 Å². The number of amides is 1. The predicted octanol–water partition coefficient (Wildman–Crippen LogP) is 4.32. The lowest BCUT2D eigenvalue weighted by Gasteiger charge is -2.08. The molecule has 1 N–H and O–H groups in total. The van der Waals surface area contributed by atoms with Gasteiger partial charge < -0.3 is 10.1 Å². The molecule has 0 bridgehead atoms. The van der Waals surface area contributed by atoms with Crippen LogP contribution in [0.15, 0.2) is 79.6 Å². The van der Waals surface area contributed by atoms with Crippen LogP contribution in [0.5, 0.6) is 11.6 Å². The number of carbonyl (C=O) groups is 1. The number of nitrogens with zero attached hydrogens (tertiary/aromatic N) is 5. The van der Waals surface area contributed by atoms with Crippen molar-refractivity contribution < 1.29 is 9.53 Å². The van der Waals surface area contributed by atoms with E-state index in [1.165, 1.54) is 17.7 Å². The summed E-state index contributed by atoms with van der Waals surface area (Å²) in [4.78, 5) is 29.2. The molecule has 0 radical (unpaired) electrons. The van der Waals surface area contributed by atoms with E-state index in [-0.39, 0.29) is 5.91 Å². The van der Waals surface area contributed by atoms with Crippen LogP contribution in [-0.2, 0) is 0 Å². The van der Waals surface area contributed by atoms with E-state index >= 15 is 0 Å². The van der Waals surface area contributed by atoms with Gasteiger partial charge in [0.15, 0.2) is 5.01 Å². The molecule has 0 atom stereocenters. The van der Waals surface area contributed by atoms with Gasteiger partial charge >= 0.3 is 0 Å². The number of anilines is 1. The zero-order valence-electron chi connectivity index (χ0n) is 15.5. The number of ether oxygens (including phenoxy) is 1. The number of aromatic nitrogens is 5. The van der Waals surface area contributed by atoms with Crippen LogP contribution in [-0.4, -0.2) is 30.4 Å². The SMILES string of the molecule is O=C(Nc1ccc(Oc2cc(-n3ccnc3)ncn2)cc1)c1nc2ccccc2s1. The number of hydrogen-bond donors (Lipinski definition) is 1. The van der Waals surface area contributed by atoms with Gasteiger partial charge in [0.2, 0.25) is 5.88 Å². The van der Waals surface area contributed by atoms with E-state index in [0.717, 1.165) is 10.2 Å². The Morgan fingerprint density at radius 3 is 2.73 bits per heavy atom. The number of benzene rings is 2. The lowest BCUT2D eigenvalue weighted by molar-refractivity contribution is 0.102. The molecule has 0 aliphatic heterocycles. The van der Waals surface area contributed by atoms with Crippen molar-refractivity contribution in [2.24, 2.45) is 0 Å². The molecule has 0 aliphatic rings. The van der Waals surface area contributed by atoms with Crippen molar-refractivity contribution in [3.05, 3.63) is 84.7 Å². The van der Waals surface area contributed by atoms with Gasteiger partial charge in [-0.15, -0.1) is 11.3 Å². The summed E-state index contributed by atoms with van der Waals surface area (Å²) in [7, 11) is 0.